The number of carbonyl (C=O) groups excluding carboxylic acids is 1. The summed E-state index contributed by atoms with van der Waals surface area (Å²) in [5.41, 5.74) is 1.83. The molecule has 1 amide bonds. The monoisotopic (exact) mass is 468 g/mol. The van der Waals surface area contributed by atoms with Gasteiger partial charge in [-0.2, -0.15) is 0 Å². The summed E-state index contributed by atoms with van der Waals surface area (Å²) in [7, 11) is 1.55. The molecule has 0 bridgehead atoms. The van der Waals surface area contributed by atoms with Crippen LogP contribution in [-0.4, -0.2) is 17.9 Å². The average molecular weight is 470 g/mol. The van der Waals surface area contributed by atoms with Crippen LogP contribution in [0.15, 0.2) is 45.4 Å². The van der Waals surface area contributed by atoms with Crippen LogP contribution in [0.3, 0.4) is 0 Å². The van der Waals surface area contributed by atoms with Crippen LogP contribution < -0.4 is 10.1 Å². The van der Waals surface area contributed by atoms with E-state index in [2.05, 4.69) is 37.2 Å². The molecule has 0 atom stereocenters. The van der Waals surface area contributed by atoms with Crippen LogP contribution in [0.2, 0.25) is 0 Å². The first-order chi connectivity index (χ1) is 11.8. The van der Waals surface area contributed by atoms with E-state index in [0.717, 1.165) is 14.5 Å². The van der Waals surface area contributed by atoms with Crippen LogP contribution in [0, 0.1) is 17.0 Å². The number of nitrogens with one attached hydrogen (secondary N) is 1. The molecule has 0 unspecified atom stereocenters. The summed E-state index contributed by atoms with van der Waals surface area (Å²) < 4.78 is 6.92. The van der Waals surface area contributed by atoms with Gasteiger partial charge in [0.2, 0.25) is 5.91 Å². The standard InChI is InChI=1S/C17H14Br2N2O4/c1-10-7-13(21(23)24)4-5-15(10)20-16(22)6-3-11-8-12(18)9-14(19)17(11)25-2/h3-9H,1-2H3,(H,20,22)/b6-3+. The Morgan fingerprint density at radius 1 is 1.28 bits per heavy atom. The van der Waals surface area contributed by atoms with Gasteiger partial charge >= 0.3 is 0 Å². The number of hydrogen-bond donors (Lipinski definition) is 1. The maximum Gasteiger partial charge on any atom is 0.269 e. The maximum absolute atomic E-state index is 12.1. The van der Waals surface area contributed by atoms with Crippen molar-refractivity contribution in [3.05, 3.63) is 66.6 Å². The molecule has 8 heteroatoms. The lowest BCUT2D eigenvalue weighted by Gasteiger charge is -2.09. The van der Waals surface area contributed by atoms with Crippen molar-refractivity contribution < 1.29 is 14.5 Å². The summed E-state index contributed by atoms with van der Waals surface area (Å²) in [5.74, 6) is 0.258. The van der Waals surface area contributed by atoms with Gasteiger partial charge in [0.15, 0.2) is 0 Å². The van der Waals surface area contributed by atoms with E-state index in [1.54, 1.807) is 20.1 Å². The first kappa shape index (κ1) is 19.1. The molecule has 0 saturated heterocycles. The lowest BCUT2D eigenvalue weighted by molar-refractivity contribution is -0.384. The molecule has 0 aliphatic heterocycles. The zero-order valence-electron chi connectivity index (χ0n) is 13.4. The summed E-state index contributed by atoms with van der Waals surface area (Å²) in [6, 6.07) is 7.94. The molecule has 0 spiro atoms. The number of carbonyl (C=O) groups is 1. The minimum Gasteiger partial charge on any atom is -0.495 e. The molecule has 0 radical (unpaired) electrons. The highest BCUT2D eigenvalue weighted by Gasteiger charge is 2.10. The Bertz CT molecular complexity index is 866. The molecular weight excluding hydrogens is 456 g/mol. The zero-order chi connectivity index (χ0) is 18.6. The van der Waals surface area contributed by atoms with Crippen molar-refractivity contribution in [2.75, 3.05) is 12.4 Å². The van der Waals surface area contributed by atoms with Gasteiger partial charge in [-0.15, -0.1) is 0 Å². The molecule has 2 rings (SSSR count). The number of methoxy groups -OCH3 is 1. The van der Waals surface area contributed by atoms with Crippen LogP contribution in [0.25, 0.3) is 6.08 Å². The van der Waals surface area contributed by atoms with E-state index in [9.17, 15) is 14.9 Å². The Labute approximate surface area is 161 Å². The van der Waals surface area contributed by atoms with Crippen molar-refractivity contribution in [2.45, 2.75) is 6.92 Å². The molecule has 0 heterocycles. The Morgan fingerprint density at radius 3 is 2.60 bits per heavy atom. The van der Waals surface area contributed by atoms with Crippen LogP contribution >= 0.6 is 31.9 Å². The second-order valence-corrected chi connectivity index (χ2v) is 6.86. The van der Waals surface area contributed by atoms with E-state index in [1.807, 2.05) is 12.1 Å². The summed E-state index contributed by atoms with van der Waals surface area (Å²) >= 11 is 6.79. The van der Waals surface area contributed by atoms with Crippen molar-refractivity contribution in [1.29, 1.82) is 0 Å². The largest absolute Gasteiger partial charge is 0.495 e. The minimum atomic E-state index is -0.476. The van der Waals surface area contributed by atoms with Gasteiger partial charge in [0.05, 0.1) is 16.5 Å². The van der Waals surface area contributed by atoms with E-state index in [0.29, 0.717) is 17.0 Å². The van der Waals surface area contributed by atoms with E-state index in [-0.39, 0.29) is 11.6 Å². The van der Waals surface area contributed by atoms with Crippen LogP contribution in [-0.2, 0) is 4.79 Å². The number of aryl methyl sites for hydroxylation is 1. The van der Waals surface area contributed by atoms with Gasteiger partial charge in [-0.1, -0.05) is 15.9 Å². The predicted molar refractivity (Wildman–Crippen MR) is 104 cm³/mol. The van der Waals surface area contributed by atoms with Crippen molar-refractivity contribution in [3.63, 3.8) is 0 Å². The van der Waals surface area contributed by atoms with Crippen LogP contribution in [0.1, 0.15) is 11.1 Å². The Kier molecular flexibility index (Phi) is 6.33. The molecular formula is C17H14Br2N2O4. The second kappa shape index (κ2) is 8.26. The fourth-order valence-corrected chi connectivity index (χ4v) is 3.58. The lowest BCUT2D eigenvalue weighted by Crippen LogP contribution is -2.09. The fraction of sp³-hybridized carbons (Fsp3) is 0.118. The summed E-state index contributed by atoms with van der Waals surface area (Å²) in [5, 5.41) is 13.4. The molecule has 130 valence electrons. The number of anilines is 1. The van der Waals surface area contributed by atoms with E-state index in [1.165, 1.54) is 24.3 Å². The first-order valence-corrected chi connectivity index (χ1v) is 8.67. The molecule has 0 aromatic heterocycles. The highest BCUT2D eigenvalue weighted by atomic mass is 79.9. The smallest absolute Gasteiger partial charge is 0.269 e. The third-order valence-corrected chi connectivity index (χ3v) is 4.38. The number of ether oxygens (including phenoxy) is 1. The molecule has 2 aromatic carbocycles. The Hall–Kier alpha value is -2.19. The molecule has 1 N–H and O–H groups in total. The maximum atomic E-state index is 12.1. The van der Waals surface area contributed by atoms with E-state index in [4.69, 9.17) is 4.74 Å². The molecule has 2 aromatic rings. The van der Waals surface area contributed by atoms with Gasteiger partial charge in [0, 0.05) is 33.9 Å². The number of nitro benzene ring substituents is 1. The number of hydrogen-bond acceptors (Lipinski definition) is 4. The number of nitro groups is 1. The number of halogens is 2. The Morgan fingerprint density at radius 2 is 2.00 bits per heavy atom. The molecule has 25 heavy (non-hydrogen) atoms. The average Bonchev–Trinajstić information content (AvgIpc) is 2.54. The quantitative estimate of drug-likeness (QED) is 0.375. The fourth-order valence-electron chi connectivity index (χ4n) is 2.16. The summed E-state index contributed by atoms with van der Waals surface area (Å²) in [6.45, 7) is 1.70. The van der Waals surface area contributed by atoms with Crippen molar-refractivity contribution >= 4 is 55.2 Å². The number of non-ortho nitro benzene ring substituents is 1. The van der Waals surface area contributed by atoms with Crippen LogP contribution in [0.5, 0.6) is 5.75 Å². The third-order valence-electron chi connectivity index (χ3n) is 3.33. The van der Waals surface area contributed by atoms with Gasteiger partial charge < -0.3 is 10.1 Å². The highest BCUT2D eigenvalue weighted by molar-refractivity contribution is 9.11. The van der Waals surface area contributed by atoms with Gasteiger partial charge in [-0.05, 0) is 52.7 Å². The summed E-state index contributed by atoms with van der Waals surface area (Å²) in [4.78, 5) is 22.4. The zero-order valence-corrected chi connectivity index (χ0v) is 16.5. The van der Waals surface area contributed by atoms with Gasteiger partial charge in [-0.3, -0.25) is 14.9 Å². The minimum absolute atomic E-state index is 0.0187. The normalized spacial score (nSPS) is 10.7. The SMILES string of the molecule is COc1c(Br)cc(Br)cc1/C=C/C(=O)Nc1ccc([N+](=O)[O-])cc1C. The van der Waals surface area contributed by atoms with Gasteiger partial charge in [0.1, 0.15) is 5.75 Å². The highest BCUT2D eigenvalue weighted by Crippen LogP contribution is 2.33. The van der Waals surface area contributed by atoms with Crippen molar-refractivity contribution in [2.24, 2.45) is 0 Å². The number of benzene rings is 2. The molecule has 0 aliphatic rings. The summed E-state index contributed by atoms with van der Waals surface area (Å²) in [6.07, 6.45) is 3.00. The topological polar surface area (TPSA) is 81.5 Å². The van der Waals surface area contributed by atoms with Crippen LogP contribution in [0.4, 0.5) is 11.4 Å². The lowest BCUT2D eigenvalue weighted by atomic mass is 10.1. The number of rotatable bonds is 5. The van der Waals surface area contributed by atoms with E-state index < -0.39 is 4.92 Å². The molecule has 0 saturated carbocycles. The molecule has 0 aliphatic carbocycles. The number of nitrogens with zero attached hydrogens (tertiary/aromatic N) is 1. The van der Waals surface area contributed by atoms with Gasteiger partial charge in [0.25, 0.3) is 5.69 Å². The Balaban J connectivity index is 2.18. The van der Waals surface area contributed by atoms with Crippen molar-refractivity contribution in [1.82, 2.24) is 0 Å². The van der Waals surface area contributed by atoms with Crippen molar-refractivity contribution in [3.8, 4) is 5.75 Å². The third kappa shape index (κ3) is 4.90. The first-order valence-electron chi connectivity index (χ1n) is 7.09. The second-order valence-electron chi connectivity index (χ2n) is 5.09. The number of amides is 1. The van der Waals surface area contributed by atoms with E-state index >= 15 is 0 Å². The van der Waals surface area contributed by atoms with Gasteiger partial charge in [-0.25, -0.2) is 0 Å². The predicted octanol–water partition coefficient (Wildman–Crippen LogP) is 5.09. The molecule has 6 nitrogen and oxygen atoms in total. The molecule has 0 fully saturated rings.